The Labute approximate surface area is 121 Å². The summed E-state index contributed by atoms with van der Waals surface area (Å²) in [6.45, 7) is -2.50. The van der Waals surface area contributed by atoms with Crippen LogP contribution in [-0.2, 0) is 6.54 Å². The fourth-order valence-corrected chi connectivity index (χ4v) is 2.39. The monoisotopic (exact) mass is 351 g/mol. The van der Waals surface area contributed by atoms with E-state index >= 15 is 0 Å². The van der Waals surface area contributed by atoms with Crippen LogP contribution < -0.4 is 10.1 Å². The zero-order chi connectivity index (χ0) is 13.8. The highest BCUT2D eigenvalue weighted by atomic mass is 79.9. The first kappa shape index (κ1) is 14.1. The molecule has 0 unspecified atom stereocenters. The molecule has 0 aliphatic heterocycles. The van der Waals surface area contributed by atoms with E-state index in [1.165, 1.54) is 18.4 Å². The van der Waals surface area contributed by atoms with Gasteiger partial charge in [0.05, 0.1) is 22.7 Å². The summed E-state index contributed by atoms with van der Waals surface area (Å²) in [6.07, 6.45) is 3.09. The molecule has 1 heterocycles. The number of hydrogen-bond acceptors (Lipinski definition) is 3. The number of furan rings is 1. The first-order valence-corrected chi connectivity index (χ1v) is 6.42. The van der Waals surface area contributed by atoms with Crippen LogP contribution >= 0.6 is 27.5 Å². The van der Waals surface area contributed by atoms with Crippen LogP contribution in [0.1, 0.15) is 5.56 Å². The minimum Gasteiger partial charge on any atom is -0.472 e. The van der Waals surface area contributed by atoms with E-state index in [-0.39, 0.29) is 5.75 Å². The summed E-state index contributed by atoms with van der Waals surface area (Å²) in [5.74, 6) is 0.0166. The minimum absolute atomic E-state index is 0.0166. The minimum atomic E-state index is -2.91. The fraction of sp³-hybridized carbons (Fsp3) is 0.167. The number of anilines is 1. The van der Waals surface area contributed by atoms with Crippen molar-refractivity contribution in [3.8, 4) is 5.75 Å². The van der Waals surface area contributed by atoms with Crippen molar-refractivity contribution in [2.24, 2.45) is 0 Å². The molecule has 0 bridgehead atoms. The zero-order valence-electron chi connectivity index (χ0n) is 9.50. The van der Waals surface area contributed by atoms with Crippen molar-refractivity contribution in [1.82, 2.24) is 0 Å². The van der Waals surface area contributed by atoms with Gasteiger partial charge in [-0.25, -0.2) is 0 Å². The largest absolute Gasteiger partial charge is 0.472 e. The van der Waals surface area contributed by atoms with Gasteiger partial charge in [0.1, 0.15) is 0 Å². The normalized spacial score (nSPS) is 10.8. The summed E-state index contributed by atoms with van der Waals surface area (Å²) in [5.41, 5.74) is 1.25. The number of halogens is 4. The van der Waals surface area contributed by atoms with Crippen LogP contribution in [0.5, 0.6) is 5.75 Å². The maximum absolute atomic E-state index is 12.4. The van der Waals surface area contributed by atoms with E-state index in [1.807, 2.05) is 0 Å². The second-order valence-corrected chi connectivity index (χ2v) is 4.92. The van der Waals surface area contributed by atoms with E-state index in [4.69, 9.17) is 16.0 Å². The van der Waals surface area contributed by atoms with Gasteiger partial charge in [-0.1, -0.05) is 11.6 Å². The van der Waals surface area contributed by atoms with E-state index in [9.17, 15) is 8.78 Å². The van der Waals surface area contributed by atoms with Gasteiger partial charge in [0, 0.05) is 17.1 Å². The van der Waals surface area contributed by atoms with E-state index in [0.717, 1.165) is 5.56 Å². The molecule has 3 nitrogen and oxygen atoms in total. The predicted octanol–water partition coefficient (Wildman–Crippen LogP) is 4.91. The highest BCUT2D eigenvalue weighted by molar-refractivity contribution is 9.10. The SMILES string of the molecule is FC(F)Oc1c(Br)cc(Cl)cc1NCc1ccoc1. The van der Waals surface area contributed by atoms with Crippen LogP contribution in [-0.4, -0.2) is 6.61 Å². The molecule has 0 spiro atoms. The lowest BCUT2D eigenvalue weighted by atomic mass is 10.2. The molecule has 1 aromatic heterocycles. The summed E-state index contributed by atoms with van der Waals surface area (Å²) >= 11 is 9.03. The quantitative estimate of drug-likeness (QED) is 0.830. The van der Waals surface area contributed by atoms with E-state index in [2.05, 4.69) is 26.0 Å². The number of ether oxygens (including phenoxy) is 1. The highest BCUT2D eigenvalue weighted by Crippen LogP contribution is 2.37. The lowest BCUT2D eigenvalue weighted by molar-refractivity contribution is -0.0498. The average molecular weight is 353 g/mol. The number of rotatable bonds is 5. The predicted molar refractivity (Wildman–Crippen MR) is 71.8 cm³/mol. The Morgan fingerprint density at radius 2 is 2.21 bits per heavy atom. The van der Waals surface area contributed by atoms with Crippen LogP contribution in [0.4, 0.5) is 14.5 Å². The Bertz CT molecular complexity index is 549. The summed E-state index contributed by atoms with van der Waals surface area (Å²) in [4.78, 5) is 0. The van der Waals surface area contributed by atoms with Crippen molar-refractivity contribution < 1.29 is 17.9 Å². The molecule has 0 saturated carbocycles. The molecular formula is C12H9BrClF2NO2. The van der Waals surface area contributed by atoms with Gasteiger partial charge in [0.25, 0.3) is 0 Å². The second kappa shape index (κ2) is 6.25. The van der Waals surface area contributed by atoms with Crippen molar-refractivity contribution in [3.05, 3.63) is 45.8 Å². The van der Waals surface area contributed by atoms with E-state index in [0.29, 0.717) is 21.7 Å². The van der Waals surface area contributed by atoms with Crippen LogP contribution in [0.15, 0.2) is 39.6 Å². The fourth-order valence-electron chi connectivity index (χ4n) is 1.49. The van der Waals surface area contributed by atoms with E-state index in [1.54, 1.807) is 12.3 Å². The number of alkyl halides is 2. The average Bonchev–Trinajstić information content (AvgIpc) is 2.83. The molecule has 19 heavy (non-hydrogen) atoms. The number of hydrogen-bond donors (Lipinski definition) is 1. The molecule has 0 aliphatic rings. The van der Waals surface area contributed by atoms with Gasteiger partial charge in [0.2, 0.25) is 0 Å². The number of nitrogens with one attached hydrogen (secondary N) is 1. The molecule has 1 N–H and O–H groups in total. The van der Waals surface area contributed by atoms with Crippen molar-refractivity contribution in [2.45, 2.75) is 13.2 Å². The molecule has 0 aliphatic carbocycles. The molecule has 0 amide bonds. The lowest BCUT2D eigenvalue weighted by Crippen LogP contribution is -2.07. The smallest absolute Gasteiger partial charge is 0.387 e. The maximum Gasteiger partial charge on any atom is 0.387 e. The van der Waals surface area contributed by atoms with Crippen LogP contribution in [0.3, 0.4) is 0 Å². The van der Waals surface area contributed by atoms with Gasteiger partial charge in [0.15, 0.2) is 5.75 Å². The Morgan fingerprint density at radius 3 is 2.84 bits per heavy atom. The molecule has 0 atom stereocenters. The third kappa shape index (κ3) is 3.84. The Balaban J connectivity index is 2.21. The summed E-state index contributed by atoms with van der Waals surface area (Å²) in [5, 5.41) is 3.38. The van der Waals surface area contributed by atoms with Gasteiger partial charge in [-0.2, -0.15) is 8.78 Å². The van der Waals surface area contributed by atoms with Crippen LogP contribution in [0.2, 0.25) is 5.02 Å². The molecule has 0 saturated heterocycles. The lowest BCUT2D eigenvalue weighted by Gasteiger charge is -2.14. The third-order valence-corrected chi connectivity index (χ3v) is 3.09. The molecule has 1 aromatic carbocycles. The molecule has 0 radical (unpaired) electrons. The van der Waals surface area contributed by atoms with Crippen LogP contribution in [0, 0.1) is 0 Å². The second-order valence-electron chi connectivity index (χ2n) is 3.63. The molecular weight excluding hydrogens is 343 g/mol. The topological polar surface area (TPSA) is 34.4 Å². The highest BCUT2D eigenvalue weighted by Gasteiger charge is 2.15. The molecule has 0 fully saturated rings. The maximum atomic E-state index is 12.4. The Hall–Kier alpha value is -1.27. The van der Waals surface area contributed by atoms with Gasteiger partial charge in [-0.15, -0.1) is 0 Å². The van der Waals surface area contributed by atoms with Gasteiger partial charge >= 0.3 is 6.61 Å². The van der Waals surface area contributed by atoms with E-state index < -0.39 is 6.61 Å². The number of benzene rings is 1. The third-order valence-electron chi connectivity index (χ3n) is 2.28. The molecule has 2 aromatic rings. The molecule has 102 valence electrons. The zero-order valence-corrected chi connectivity index (χ0v) is 11.8. The van der Waals surface area contributed by atoms with Gasteiger partial charge in [-0.3, -0.25) is 0 Å². The first-order valence-electron chi connectivity index (χ1n) is 5.25. The van der Waals surface area contributed by atoms with Crippen molar-refractivity contribution >= 4 is 33.2 Å². The summed E-state index contributed by atoms with van der Waals surface area (Å²) in [7, 11) is 0. The first-order chi connectivity index (χ1) is 9.06. The standard InChI is InChI=1S/C12H9BrClF2NO2/c13-9-3-8(14)4-10(11(9)19-12(15)16)17-5-7-1-2-18-6-7/h1-4,6,12,17H,5H2. The van der Waals surface area contributed by atoms with Gasteiger partial charge < -0.3 is 14.5 Å². The van der Waals surface area contributed by atoms with Crippen molar-refractivity contribution in [1.29, 1.82) is 0 Å². The molecule has 7 heteroatoms. The van der Waals surface area contributed by atoms with Crippen molar-refractivity contribution in [2.75, 3.05) is 5.32 Å². The van der Waals surface area contributed by atoms with Crippen LogP contribution in [0.25, 0.3) is 0 Å². The Morgan fingerprint density at radius 1 is 1.42 bits per heavy atom. The Kier molecular flexibility index (Phi) is 4.66. The summed E-state index contributed by atoms with van der Waals surface area (Å²) in [6, 6.07) is 4.77. The molecule has 2 rings (SSSR count). The van der Waals surface area contributed by atoms with Crippen molar-refractivity contribution in [3.63, 3.8) is 0 Å². The van der Waals surface area contributed by atoms with Gasteiger partial charge in [-0.05, 0) is 34.1 Å². The summed E-state index contributed by atoms with van der Waals surface area (Å²) < 4.78 is 34.5.